The second-order valence-electron chi connectivity index (χ2n) is 11.3. The minimum absolute atomic E-state index is 0.0721. The minimum atomic E-state index is -4.00. The largest absolute Gasteiger partial charge is 0.478 e. The Bertz CT molecular complexity index is 1360. The molecule has 3 aromatic rings. The van der Waals surface area contributed by atoms with Gasteiger partial charge in [0, 0.05) is 12.7 Å². The Kier molecular flexibility index (Phi) is 22.5. The molecule has 0 amide bonds. The number of benzene rings is 2. The highest BCUT2D eigenvalue weighted by Gasteiger charge is 2.09. The number of hydrogen-bond donors (Lipinski definition) is 3. The smallest absolute Gasteiger partial charge is 0.337 e. The molecule has 0 aliphatic carbocycles. The van der Waals surface area contributed by atoms with Gasteiger partial charge in [0.25, 0.3) is 10.1 Å². The average molecular weight is 675 g/mol. The molecule has 0 saturated carbocycles. The van der Waals surface area contributed by atoms with E-state index in [4.69, 9.17) is 14.8 Å². The van der Waals surface area contributed by atoms with Crippen LogP contribution in [0.3, 0.4) is 0 Å². The number of carboxylic acid groups (broad SMARTS) is 1. The molecule has 1 aromatic heterocycles. The van der Waals surface area contributed by atoms with E-state index in [-0.39, 0.29) is 22.6 Å². The second kappa shape index (κ2) is 25.5. The van der Waals surface area contributed by atoms with E-state index in [0.717, 1.165) is 6.42 Å². The molecule has 10 nitrogen and oxygen atoms in total. The number of aromatic carboxylic acids is 1. The number of aliphatic hydroxyl groups is 1. The molecule has 0 radical (unpaired) electrons. The lowest BCUT2D eigenvalue weighted by molar-refractivity contribution is 0.0600. The number of imidazole rings is 1. The number of unbranched alkanes of at least 4 members (excludes halogenated alkanes) is 13. The van der Waals surface area contributed by atoms with Crippen molar-refractivity contribution in [3.8, 4) is 0 Å². The van der Waals surface area contributed by atoms with Crippen molar-refractivity contribution in [3.63, 3.8) is 0 Å². The van der Waals surface area contributed by atoms with E-state index in [1.54, 1.807) is 18.2 Å². The zero-order chi connectivity index (χ0) is 34.8. The highest BCUT2D eigenvalue weighted by atomic mass is 32.2. The maximum atomic E-state index is 11.0. The maximum Gasteiger partial charge on any atom is 0.337 e. The third kappa shape index (κ3) is 20.3. The normalized spacial score (nSPS) is 10.7. The fourth-order valence-electron chi connectivity index (χ4n) is 4.76. The summed E-state index contributed by atoms with van der Waals surface area (Å²) in [6, 6.07) is 13.1. The standard InChI is InChI=1S/C21H40N2O.C9H8O4.C6H6O3S/c1-2-3-4-5-6-7-8-9-10-11-12-13-14-15-16-21-19-23(17-18-24)20-22-21;1-13-9(12)7-4-2-3-6(5-7)8(10)11;7-10(8,9)6-4-2-1-3-5-6/h19-20,24H,2-18H2,1H3;2-5H,1H3,(H,10,11);1-5H,(H,7,8,9). The molecule has 0 spiro atoms. The summed E-state index contributed by atoms with van der Waals surface area (Å²) in [6.07, 6.45) is 24.6. The first kappa shape index (κ1) is 41.5. The molecule has 0 aliphatic rings. The van der Waals surface area contributed by atoms with Gasteiger partial charge in [0.05, 0.1) is 41.8 Å². The molecule has 262 valence electrons. The number of methoxy groups -OCH3 is 1. The van der Waals surface area contributed by atoms with Gasteiger partial charge in [-0.1, -0.05) is 115 Å². The van der Waals surface area contributed by atoms with E-state index in [1.165, 1.54) is 139 Å². The van der Waals surface area contributed by atoms with Crippen molar-refractivity contribution in [2.45, 2.75) is 115 Å². The lowest BCUT2D eigenvalue weighted by Crippen LogP contribution is -2.03. The summed E-state index contributed by atoms with van der Waals surface area (Å²) in [6.45, 7) is 3.13. The second-order valence-corrected chi connectivity index (χ2v) is 12.8. The highest BCUT2D eigenvalue weighted by Crippen LogP contribution is 2.14. The first-order chi connectivity index (χ1) is 22.6. The monoisotopic (exact) mass is 674 g/mol. The van der Waals surface area contributed by atoms with Gasteiger partial charge in [-0.2, -0.15) is 8.42 Å². The summed E-state index contributed by atoms with van der Waals surface area (Å²) in [4.78, 5) is 25.8. The van der Waals surface area contributed by atoms with Gasteiger partial charge < -0.3 is 19.5 Å². The summed E-state index contributed by atoms with van der Waals surface area (Å²) >= 11 is 0. The summed E-state index contributed by atoms with van der Waals surface area (Å²) < 4.78 is 35.6. The number of aliphatic hydroxyl groups excluding tert-OH is 1. The molecule has 0 aliphatic heterocycles. The molecule has 0 fully saturated rings. The number of aromatic nitrogens is 2. The number of ether oxygens (including phenoxy) is 1. The van der Waals surface area contributed by atoms with Crippen molar-refractivity contribution in [3.05, 3.63) is 83.9 Å². The minimum Gasteiger partial charge on any atom is -0.478 e. The van der Waals surface area contributed by atoms with E-state index >= 15 is 0 Å². The van der Waals surface area contributed by atoms with Crippen LogP contribution in [0.15, 0.2) is 72.0 Å². The van der Waals surface area contributed by atoms with E-state index in [0.29, 0.717) is 6.54 Å². The van der Waals surface area contributed by atoms with Crippen molar-refractivity contribution in [2.75, 3.05) is 13.7 Å². The van der Waals surface area contributed by atoms with Crippen molar-refractivity contribution in [1.82, 2.24) is 9.55 Å². The van der Waals surface area contributed by atoms with Gasteiger partial charge in [0.1, 0.15) is 0 Å². The molecule has 47 heavy (non-hydrogen) atoms. The summed E-state index contributed by atoms with van der Waals surface area (Å²) in [5.74, 6) is -1.60. The van der Waals surface area contributed by atoms with Crippen LogP contribution in [0.4, 0.5) is 0 Å². The van der Waals surface area contributed by atoms with Gasteiger partial charge in [-0.15, -0.1) is 0 Å². The van der Waals surface area contributed by atoms with Crippen molar-refractivity contribution in [2.24, 2.45) is 0 Å². The van der Waals surface area contributed by atoms with Crippen LogP contribution in [-0.4, -0.2) is 58.4 Å². The number of carboxylic acids is 1. The molecule has 2 aromatic carbocycles. The zero-order valence-electron chi connectivity index (χ0n) is 28.1. The molecule has 0 saturated heterocycles. The highest BCUT2D eigenvalue weighted by molar-refractivity contribution is 7.85. The molecule has 0 unspecified atom stereocenters. The molecule has 11 heteroatoms. The Morgan fingerprint density at radius 2 is 1.32 bits per heavy atom. The molecule has 0 atom stereocenters. The number of nitrogens with zero attached hydrogens (tertiary/aromatic N) is 2. The fraction of sp³-hybridized carbons (Fsp3) is 0.528. The summed E-state index contributed by atoms with van der Waals surface area (Å²) in [5, 5.41) is 17.5. The van der Waals surface area contributed by atoms with Gasteiger partial charge in [-0.3, -0.25) is 4.55 Å². The predicted octanol–water partition coefficient (Wildman–Crippen LogP) is 8.00. The van der Waals surface area contributed by atoms with E-state index in [1.807, 2.05) is 10.9 Å². The molecular formula is C36H54N2O8S. The Labute approximate surface area is 281 Å². The van der Waals surface area contributed by atoms with Crippen LogP contribution >= 0.6 is 0 Å². The molecule has 3 rings (SSSR count). The van der Waals surface area contributed by atoms with Crippen LogP contribution in [0.1, 0.15) is 123 Å². The molecule has 3 N–H and O–H groups in total. The van der Waals surface area contributed by atoms with Crippen LogP contribution in [0.5, 0.6) is 0 Å². The maximum absolute atomic E-state index is 11.0. The number of rotatable bonds is 20. The van der Waals surface area contributed by atoms with Gasteiger partial charge in [0.2, 0.25) is 0 Å². The Morgan fingerprint density at radius 3 is 1.79 bits per heavy atom. The predicted molar refractivity (Wildman–Crippen MR) is 184 cm³/mol. The molecule has 0 bridgehead atoms. The number of esters is 1. The average Bonchev–Trinajstić information content (AvgIpc) is 3.52. The SMILES string of the molecule is CCCCCCCCCCCCCCCCc1cn(CCO)cn1.COC(=O)c1cccc(C(=O)O)c1.O=S(=O)(O)c1ccccc1. The number of hydrogen-bond acceptors (Lipinski definition) is 7. The first-order valence-corrected chi connectivity index (χ1v) is 18.1. The van der Waals surface area contributed by atoms with Crippen molar-refractivity contribution in [1.29, 1.82) is 0 Å². The first-order valence-electron chi connectivity index (χ1n) is 16.7. The van der Waals surface area contributed by atoms with Crippen molar-refractivity contribution < 1.29 is 37.5 Å². The lowest BCUT2D eigenvalue weighted by atomic mass is 10.0. The van der Waals surface area contributed by atoms with Gasteiger partial charge >= 0.3 is 11.9 Å². The summed E-state index contributed by atoms with van der Waals surface area (Å²) in [5.41, 5.74) is 1.48. The fourth-order valence-corrected chi connectivity index (χ4v) is 5.26. The van der Waals surface area contributed by atoms with E-state index in [9.17, 15) is 18.0 Å². The van der Waals surface area contributed by atoms with E-state index < -0.39 is 22.1 Å². The van der Waals surface area contributed by atoms with Crippen LogP contribution in [0, 0.1) is 0 Å². The molecule has 1 heterocycles. The van der Waals surface area contributed by atoms with Crippen LogP contribution in [0.25, 0.3) is 0 Å². The third-order valence-electron chi connectivity index (χ3n) is 7.40. The summed E-state index contributed by atoms with van der Waals surface area (Å²) in [7, 11) is -2.76. The number of aryl methyl sites for hydroxylation is 1. The molecular weight excluding hydrogens is 620 g/mol. The van der Waals surface area contributed by atoms with Gasteiger partial charge in [-0.05, 0) is 43.2 Å². The quantitative estimate of drug-likeness (QED) is 0.0614. The zero-order valence-corrected chi connectivity index (χ0v) is 28.9. The third-order valence-corrected chi connectivity index (χ3v) is 8.27. The van der Waals surface area contributed by atoms with Crippen LogP contribution in [0.2, 0.25) is 0 Å². The lowest BCUT2D eigenvalue weighted by Gasteiger charge is -2.03. The topological polar surface area (TPSA) is 156 Å². The Hall–Kier alpha value is -3.54. The number of carbonyl (C=O) groups is 2. The van der Waals surface area contributed by atoms with Gasteiger partial charge in [0.15, 0.2) is 0 Å². The van der Waals surface area contributed by atoms with Crippen molar-refractivity contribution >= 4 is 22.1 Å². The van der Waals surface area contributed by atoms with E-state index in [2.05, 4.69) is 22.8 Å². The van der Waals surface area contributed by atoms with Gasteiger partial charge in [-0.25, -0.2) is 14.6 Å². The van der Waals surface area contributed by atoms with Crippen LogP contribution < -0.4 is 0 Å². The number of carbonyl (C=O) groups excluding carboxylic acids is 1. The Morgan fingerprint density at radius 1 is 0.787 bits per heavy atom. The van der Waals surface area contributed by atoms with Crippen LogP contribution in [-0.2, 0) is 27.8 Å². The Balaban J connectivity index is 0.000000399.